The molecule has 2 amide bonds. The van der Waals surface area contributed by atoms with Crippen LogP contribution in [-0.4, -0.2) is 33.1 Å². The minimum Gasteiger partial charge on any atom is -0.350 e. The topological polar surface area (TPSA) is 66.7 Å². The van der Waals surface area contributed by atoms with Gasteiger partial charge in [-0.3, -0.25) is 9.59 Å². The quantitative estimate of drug-likeness (QED) is 0.685. The number of likely N-dealkylation sites (tertiary alicyclic amines) is 1. The first kappa shape index (κ1) is 22.8. The maximum absolute atomic E-state index is 13.5. The highest BCUT2D eigenvalue weighted by atomic mass is 16.2. The summed E-state index contributed by atoms with van der Waals surface area (Å²) in [6.45, 7) is 7.54. The van der Waals surface area contributed by atoms with Crippen LogP contribution in [0.2, 0.25) is 0 Å². The summed E-state index contributed by atoms with van der Waals surface area (Å²) in [5, 5.41) is 3.24. The van der Waals surface area contributed by atoms with E-state index < -0.39 is 0 Å². The predicted octanol–water partition coefficient (Wildman–Crippen LogP) is 4.95. The number of carbonyl (C=O) groups excluding carboxylic acids is 2. The summed E-state index contributed by atoms with van der Waals surface area (Å²) in [4.78, 5) is 32.6. The molecule has 3 fully saturated rings. The van der Waals surface area contributed by atoms with E-state index in [4.69, 9.17) is 0 Å². The molecule has 2 aromatic rings. The molecular formula is C29H38N4O2. The van der Waals surface area contributed by atoms with Gasteiger partial charge >= 0.3 is 0 Å². The molecule has 6 nitrogen and oxygen atoms in total. The highest BCUT2D eigenvalue weighted by Gasteiger charge is 2.61. The molecule has 186 valence electrons. The number of allylic oxidation sites excluding steroid dienone is 2. The van der Waals surface area contributed by atoms with Crippen LogP contribution in [0, 0.1) is 34.5 Å². The van der Waals surface area contributed by atoms with Crippen LogP contribution < -0.4 is 5.32 Å². The van der Waals surface area contributed by atoms with Gasteiger partial charge in [0.2, 0.25) is 11.8 Å². The van der Waals surface area contributed by atoms with Crippen molar-refractivity contribution in [2.24, 2.45) is 34.5 Å². The number of hydrogen-bond donors (Lipinski definition) is 1. The molecule has 4 aliphatic rings. The lowest BCUT2D eigenvalue weighted by Gasteiger charge is -2.59. The third-order valence-corrected chi connectivity index (χ3v) is 10.5. The molecule has 2 saturated carbocycles. The molecule has 0 aromatic carbocycles. The number of aromatic nitrogens is 2. The molecule has 3 aliphatic carbocycles. The van der Waals surface area contributed by atoms with Crippen LogP contribution in [0.5, 0.6) is 0 Å². The minimum absolute atomic E-state index is 0.0503. The van der Waals surface area contributed by atoms with Crippen molar-refractivity contribution in [3.8, 4) is 0 Å². The molecule has 0 spiro atoms. The van der Waals surface area contributed by atoms with E-state index in [2.05, 4.69) is 31.1 Å². The zero-order valence-corrected chi connectivity index (χ0v) is 21.5. The number of rotatable bonds is 3. The van der Waals surface area contributed by atoms with Crippen LogP contribution in [0.3, 0.4) is 0 Å². The first-order chi connectivity index (χ1) is 16.7. The molecule has 1 unspecified atom stereocenters. The number of carbonyl (C=O) groups is 2. The normalized spacial score (nSPS) is 36.7. The van der Waals surface area contributed by atoms with Crippen molar-refractivity contribution in [2.45, 2.75) is 72.3 Å². The van der Waals surface area contributed by atoms with E-state index in [1.807, 2.05) is 46.9 Å². The Bertz CT molecular complexity index is 1200. The number of imidazole rings is 1. The van der Waals surface area contributed by atoms with Crippen molar-refractivity contribution in [3.63, 3.8) is 0 Å². The van der Waals surface area contributed by atoms with Gasteiger partial charge in [-0.2, -0.15) is 0 Å². The van der Waals surface area contributed by atoms with Gasteiger partial charge in [0.05, 0.1) is 12.2 Å². The Morgan fingerprint density at radius 1 is 1.17 bits per heavy atom. The van der Waals surface area contributed by atoms with Gasteiger partial charge in [-0.05, 0) is 80.8 Å². The summed E-state index contributed by atoms with van der Waals surface area (Å²) in [5.74, 6) is 2.32. The number of amides is 2. The van der Waals surface area contributed by atoms with Gasteiger partial charge in [0.25, 0.3) is 0 Å². The second kappa shape index (κ2) is 7.94. The van der Waals surface area contributed by atoms with Crippen LogP contribution in [0.4, 0.5) is 0 Å². The lowest BCUT2D eigenvalue weighted by molar-refractivity contribution is -0.138. The van der Waals surface area contributed by atoms with E-state index >= 15 is 0 Å². The molecule has 3 heterocycles. The fraction of sp³-hybridized carbons (Fsp3) is 0.621. The lowest BCUT2D eigenvalue weighted by atomic mass is 9.48. The average Bonchev–Trinajstić information content (AvgIpc) is 3.40. The van der Waals surface area contributed by atoms with E-state index in [9.17, 15) is 9.59 Å². The first-order valence-electron chi connectivity index (χ1n) is 13.4. The maximum atomic E-state index is 13.5. The summed E-state index contributed by atoms with van der Waals surface area (Å²) >= 11 is 0. The van der Waals surface area contributed by atoms with E-state index in [1.54, 1.807) is 0 Å². The van der Waals surface area contributed by atoms with Crippen LogP contribution in [0.1, 0.15) is 71.4 Å². The van der Waals surface area contributed by atoms with Crippen molar-refractivity contribution in [1.29, 1.82) is 0 Å². The van der Waals surface area contributed by atoms with Crippen molar-refractivity contribution in [1.82, 2.24) is 19.6 Å². The standard InChI is InChI=1S/C29H38N4O2/c1-18-15-20-21-8-9-23(27(35)30-16-19-17-33-14-6-5-7-24(33)31-19)28(21,2)12-10-22(20)29(3)13-11-25(34)32(4)26(18)29/h5-7,14,17,20-23H,8-13,15-16H2,1-4H3,(H,30,35)/t20-,21-,22+,23?,28-,29+/m0/s1. The Morgan fingerprint density at radius 3 is 2.80 bits per heavy atom. The Morgan fingerprint density at radius 2 is 2.00 bits per heavy atom. The summed E-state index contributed by atoms with van der Waals surface area (Å²) in [6.07, 6.45) is 11.1. The minimum atomic E-state index is 0.0503. The maximum Gasteiger partial charge on any atom is 0.226 e. The molecule has 2 aromatic heterocycles. The van der Waals surface area contributed by atoms with Crippen LogP contribution >= 0.6 is 0 Å². The summed E-state index contributed by atoms with van der Waals surface area (Å²) in [5.41, 5.74) is 4.64. The average molecular weight is 475 g/mol. The molecule has 6 heteroatoms. The Kier molecular flexibility index (Phi) is 5.17. The predicted molar refractivity (Wildman–Crippen MR) is 135 cm³/mol. The number of piperidine rings is 1. The molecular weight excluding hydrogens is 436 g/mol. The van der Waals surface area contributed by atoms with E-state index in [0.29, 0.717) is 30.7 Å². The van der Waals surface area contributed by atoms with Gasteiger partial charge in [0.15, 0.2) is 0 Å². The third kappa shape index (κ3) is 3.31. The molecule has 6 rings (SSSR count). The second-order valence-corrected chi connectivity index (χ2v) is 12.2. The molecule has 0 bridgehead atoms. The molecule has 1 saturated heterocycles. The molecule has 1 aliphatic heterocycles. The van der Waals surface area contributed by atoms with Crippen molar-refractivity contribution >= 4 is 17.5 Å². The largest absolute Gasteiger partial charge is 0.350 e. The van der Waals surface area contributed by atoms with Gasteiger partial charge in [-0.25, -0.2) is 4.98 Å². The van der Waals surface area contributed by atoms with Crippen LogP contribution in [0.25, 0.3) is 5.65 Å². The number of pyridine rings is 1. The van der Waals surface area contributed by atoms with E-state index in [1.165, 1.54) is 11.3 Å². The second-order valence-electron chi connectivity index (χ2n) is 12.2. The Balaban J connectivity index is 1.21. The molecule has 1 N–H and O–H groups in total. The van der Waals surface area contributed by atoms with E-state index in [0.717, 1.165) is 49.9 Å². The zero-order valence-electron chi connectivity index (χ0n) is 21.5. The Labute approximate surface area is 208 Å². The van der Waals surface area contributed by atoms with Crippen LogP contribution in [0.15, 0.2) is 41.9 Å². The number of hydrogen-bond acceptors (Lipinski definition) is 3. The highest BCUT2D eigenvalue weighted by Crippen LogP contribution is 2.66. The lowest BCUT2D eigenvalue weighted by Crippen LogP contribution is -2.55. The van der Waals surface area contributed by atoms with E-state index in [-0.39, 0.29) is 28.6 Å². The van der Waals surface area contributed by atoms with Gasteiger partial charge in [-0.1, -0.05) is 25.5 Å². The fourth-order valence-corrected chi connectivity index (χ4v) is 8.91. The molecule has 6 atom stereocenters. The van der Waals surface area contributed by atoms with Crippen LogP contribution in [-0.2, 0) is 16.1 Å². The molecule has 0 radical (unpaired) electrons. The SMILES string of the molecule is CC1=C2N(C)C(=O)CC[C@]2(C)[C@@H]2CC[C@]3(C)C(C(=O)NCc4cn5ccccc5n4)CC[C@H]3[C@@H]2C1. The summed E-state index contributed by atoms with van der Waals surface area (Å²) < 4.78 is 2.00. The first-order valence-corrected chi connectivity index (χ1v) is 13.4. The number of nitrogens with one attached hydrogen (secondary N) is 1. The van der Waals surface area contributed by atoms with Crippen molar-refractivity contribution in [3.05, 3.63) is 47.6 Å². The summed E-state index contributed by atoms with van der Waals surface area (Å²) in [6, 6.07) is 5.95. The molecule has 35 heavy (non-hydrogen) atoms. The smallest absolute Gasteiger partial charge is 0.226 e. The summed E-state index contributed by atoms with van der Waals surface area (Å²) in [7, 11) is 1.98. The Hall–Kier alpha value is -2.63. The third-order valence-electron chi connectivity index (χ3n) is 10.5. The number of nitrogens with zero attached hydrogens (tertiary/aromatic N) is 3. The van der Waals surface area contributed by atoms with Gasteiger partial charge in [0, 0.05) is 42.9 Å². The number of fused-ring (bicyclic) bond motifs is 6. The highest BCUT2D eigenvalue weighted by molar-refractivity contribution is 5.80. The van der Waals surface area contributed by atoms with Crippen molar-refractivity contribution in [2.75, 3.05) is 7.05 Å². The fourth-order valence-electron chi connectivity index (χ4n) is 8.91. The van der Waals surface area contributed by atoms with Gasteiger partial charge in [-0.15, -0.1) is 0 Å². The monoisotopic (exact) mass is 474 g/mol. The van der Waals surface area contributed by atoms with Crippen molar-refractivity contribution < 1.29 is 9.59 Å². The van der Waals surface area contributed by atoms with Gasteiger partial charge < -0.3 is 14.6 Å². The zero-order chi connectivity index (χ0) is 24.5. The van der Waals surface area contributed by atoms with Gasteiger partial charge in [0.1, 0.15) is 5.65 Å².